The first-order valence-electron chi connectivity index (χ1n) is 6.52. The van der Waals surface area contributed by atoms with E-state index in [-0.39, 0.29) is 11.5 Å². The molecule has 2 aromatic heterocycles. The molecule has 0 fully saturated rings. The number of nitrogens with zero attached hydrogens (tertiary/aromatic N) is 1. The van der Waals surface area contributed by atoms with E-state index in [1.54, 1.807) is 12.1 Å². The lowest BCUT2D eigenvalue weighted by molar-refractivity contribution is 0.104. The Morgan fingerprint density at radius 2 is 2.14 bits per heavy atom. The summed E-state index contributed by atoms with van der Waals surface area (Å²) in [5, 5.41) is 11.9. The van der Waals surface area contributed by atoms with Crippen LogP contribution >= 0.6 is 27.3 Å². The van der Waals surface area contributed by atoms with E-state index in [2.05, 4.69) is 15.9 Å². The number of aromatic nitrogens is 1. The molecule has 0 saturated heterocycles. The minimum Gasteiger partial charge on any atom is -0.504 e. The number of rotatable bonds is 2. The van der Waals surface area contributed by atoms with Crippen LogP contribution in [0.1, 0.15) is 15.4 Å². The van der Waals surface area contributed by atoms with Crippen LogP contribution in [-0.2, 0) is 0 Å². The van der Waals surface area contributed by atoms with Gasteiger partial charge in [-0.1, -0.05) is 6.07 Å². The number of ether oxygens (including phenoxy) is 1. The number of hydrogen-bond donors (Lipinski definition) is 1. The molecule has 0 atom stereocenters. The minimum atomic E-state index is 0.0367. The third-order valence-electron chi connectivity index (χ3n) is 3.72. The Morgan fingerprint density at radius 1 is 1.32 bits per heavy atom. The van der Waals surface area contributed by atoms with Crippen LogP contribution in [0.15, 0.2) is 40.3 Å². The van der Waals surface area contributed by atoms with Gasteiger partial charge in [0, 0.05) is 21.6 Å². The van der Waals surface area contributed by atoms with Crippen molar-refractivity contribution in [1.82, 2.24) is 4.57 Å². The summed E-state index contributed by atoms with van der Waals surface area (Å²) in [5.74, 6) is 0.545. The molecule has 1 N–H and O–H groups in total. The summed E-state index contributed by atoms with van der Waals surface area (Å²) < 4.78 is 7.84. The van der Waals surface area contributed by atoms with Crippen LogP contribution in [0.4, 0.5) is 0 Å². The predicted molar refractivity (Wildman–Crippen MR) is 88.4 cm³/mol. The molecule has 4 rings (SSSR count). The minimum absolute atomic E-state index is 0.0367. The van der Waals surface area contributed by atoms with Crippen LogP contribution in [0.5, 0.6) is 11.5 Å². The van der Waals surface area contributed by atoms with Gasteiger partial charge in [0.1, 0.15) is 4.88 Å². The van der Waals surface area contributed by atoms with E-state index in [0.29, 0.717) is 11.4 Å². The first kappa shape index (κ1) is 13.6. The number of methoxy groups -OCH3 is 1. The van der Waals surface area contributed by atoms with E-state index in [0.717, 1.165) is 26.2 Å². The van der Waals surface area contributed by atoms with Crippen molar-refractivity contribution < 1.29 is 14.6 Å². The Morgan fingerprint density at radius 3 is 2.86 bits per heavy atom. The fourth-order valence-electron chi connectivity index (χ4n) is 2.72. The van der Waals surface area contributed by atoms with E-state index < -0.39 is 0 Å². The first-order valence-corrected chi connectivity index (χ1v) is 8.19. The maximum atomic E-state index is 12.4. The highest BCUT2D eigenvalue weighted by Gasteiger charge is 2.31. The van der Waals surface area contributed by atoms with Crippen LogP contribution in [0.3, 0.4) is 0 Å². The standard InChI is InChI=1S/C16H10BrNO3S/c1-21-13-3-2-8(4-12(13)19)10-7-22-16-14(10)18-6-9(17)5-11(18)15(16)20/h2-7,19H,1H3. The van der Waals surface area contributed by atoms with Crippen LogP contribution in [0.25, 0.3) is 16.8 Å². The zero-order chi connectivity index (χ0) is 15.4. The third kappa shape index (κ3) is 1.77. The average molecular weight is 376 g/mol. The Labute approximate surface area is 138 Å². The SMILES string of the molecule is COc1ccc(-c2csc3c2-n2cc(Br)cc2C3=O)cc1O. The molecule has 1 aromatic carbocycles. The van der Waals surface area contributed by atoms with Crippen molar-refractivity contribution >= 4 is 33.0 Å². The van der Waals surface area contributed by atoms with E-state index in [1.165, 1.54) is 18.4 Å². The molecule has 3 aromatic rings. The van der Waals surface area contributed by atoms with Gasteiger partial charge in [-0.25, -0.2) is 0 Å². The molecule has 0 radical (unpaired) electrons. The van der Waals surface area contributed by atoms with Crippen molar-refractivity contribution in [1.29, 1.82) is 0 Å². The highest BCUT2D eigenvalue weighted by atomic mass is 79.9. The van der Waals surface area contributed by atoms with Crippen LogP contribution < -0.4 is 4.74 Å². The first-order chi connectivity index (χ1) is 10.6. The number of carbonyl (C=O) groups excluding carboxylic acids is 1. The average Bonchev–Trinajstić information content (AvgIpc) is 3.14. The molecule has 0 saturated carbocycles. The van der Waals surface area contributed by atoms with E-state index in [4.69, 9.17) is 4.74 Å². The largest absolute Gasteiger partial charge is 0.504 e. The molecule has 0 unspecified atom stereocenters. The Hall–Kier alpha value is -2.05. The van der Waals surface area contributed by atoms with Crippen molar-refractivity contribution in [3.05, 3.63) is 50.9 Å². The third-order valence-corrected chi connectivity index (χ3v) is 5.12. The van der Waals surface area contributed by atoms with Gasteiger partial charge in [-0.3, -0.25) is 4.79 Å². The number of aromatic hydroxyl groups is 1. The van der Waals surface area contributed by atoms with Gasteiger partial charge in [0.05, 0.1) is 18.5 Å². The summed E-state index contributed by atoms with van der Waals surface area (Å²) in [6.45, 7) is 0. The van der Waals surface area contributed by atoms with Crippen molar-refractivity contribution in [2.75, 3.05) is 7.11 Å². The van der Waals surface area contributed by atoms with E-state index in [9.17, 15) is 9.90 Å². The van der Waals surface area contributed by atoms with Gasteiger partial charge in [0.15, 0.2) is 11.5 Å². The van der Waals surface area contributed by atoms with Crippen molar-refractivity contribution in [2.24, 2.45) is 0 Å². The molecular formula is C16H10BrNO3S. The summed E-state index contributed by atoms with van der Waals surface area (Å²) in [7, 11) is 1.51. The zero-order valence-corrected chi connectivity index (χ0v) is 13.9. The summed E-state index contributed by atoms with van der Waals surface area (Å²) in [4.78, 5) is 13.1. The van der Waals surface area contributed by atoms with Gasteiger partial charge in [-0.2, -0.15) is 0 Å². The normalized spacial score (nSPS) is 12.4. The second kappa shape index (κ2) is 4.72. The number of halogens is 1. The lowest BCUT2D eigenvalue weighted by Gasteiger charge is -2.08. The van der Waals surface area contributed by atoms with Crippen molar-refractivity contribution in [3.63, 3.8) is 0 Å². The Balaban J connectivity index is 1.92. The number of thiophene rings is 1. The molecule has 0 amide bonds. The van der Waals surface area contributed by atoms with E-state index in [1.807, 2.05) is 28.3 Å². The molecule has 4 nitrogen and oxygen atoms in total. The smallest absolute Gasteiger partial charge is 0.221 e. The van der Waals surface area contributed by atoms with Crippen molar-refractivity contribution in [3.8, 4) is 28.3 Å². The van der Waals surface area contributed by atoms with Gasteiger partial charge in [-0.05, 0) is 39.7 Å². The number of fused-ring (bicyclic) bond motifs is 3. The maximum absolute atomic E-state index is 12.4. The number of phenolic OH excluding ortho intramolecular Hbond substituents is 1. The van der Waals surface area contributed by atoms with Gasteiger partial charge in [0.2, 0.25) is 5.78 Å². The lowest BCUT2D eigenvalue weighted by Crippen LogP contribution is -1.94. The van der Waals surface area contributed by atoms with Gasteiger partial charge in [0.25, 0.3) is 0 Å². The molecular weight excluding hydrogens is 366 g/mol. The number of hydrogen-bond acceptors (Lipinski definition) is 4. The second-order valence-corrected chi connectivity index (χ2v) is 6.75. The molecule has 22 heavy (non-hydrogen) atoms. The van der Waals surface area contributed by atoms with E-state index >= 15 is 0 Å². The van der Waals surface area contributed by atoms with Crippen LogP contribution in [0.2, 0.25) is 0 Å². The quantitative estimate of drug-likeness (QED) is 0.570. The Kier molecular flexibility index (Phi) is 2.92. The molecule has 0 bridgehead atoms. The van der Waals surface area contributed by atoms with Gasteiger partial charge < -0.3 is 14.4 Å². The zero-order valence-electron chi connectivity index (χ0n) is 11.5. The molecule has 0 spiro atoms. The Bertz CT molecular complexity index is 926. The summed E-state index contributed by atoms with van der Waals surface area (Å²) in [5.41, 5.74) is 3.31. The summed E-state index contributed by atoms with van der Waals surface area (Å²) in [6.07, 6.45) is 1.89. The fourth-order valence-corrected chi connectivity index (χ4v) is 4.16. The van der Waals surface area contributed by atoms with Gasteiger partial charge in [-0.15, -0.1) is 11.3 Å². The molecule has 6 heteroatoms. The summed E-state index contributed by atoms with van der Waals surface area (Å²) >= 11 is 4.84. The molecule has 0 aliphatic carbocycles. The lowest BCUT2D eigenvalue weighted by atomic mass is 10.1. The predicted octanol–water partition coefficient (Wildman–Crippen LogP) is 4.23. The molecule has 3 heterocycles. The maximum Gasteiger partial charge on any atom is 0.221 e. The fraction of sp³-hybridized carbons (Fsp3) is 0.0625. The highest BCUT2D eigenvalue weighted by molar-refractivity contribution is 9.10. The molecule has 1 aliphatic rings. The second-order valence-electron chi connectivity index (χ2n) is 4.96. The van der Waals surface area contributed by atoms with Crippen LogP contribution in [0, 0.1) is 0 Å². The number of phenols is 1. The molecule has 1 aliphatic heterocycles. The topological polar surface area (TPSA) is 51.5 Å². The van der Waals surface area contributed by atoms with Gasteiger partial charge >= 0.3 is 0 Å². The van der Waals surface area contributed by atoms with Crippen molar-refractivity contribution in [2.45, 2.75) is 0 Å². The highest BCUT2D eigenvalue weighted by Crippen LogP contribution is 2.43. The summed E-state index contributed by atoms with van der Waals surface area (Å²) in [6, 6.07) is 7.08. The number of carbonyl (C=O) groups is 1. The monoisotopic (exact) mass is 375 g/mol. The molecule has 110 valence electrons. The number of benzene rings is 1. The van der Waals surface area contributed by atoms with Crippen LogP contribution in [-0.4, -0.2) is 22.6 Å². The number of ketones is 1.